The van der Waals surface area contributed by atoms with E-state index >= 15 is 0 Å². The lowest BCUT2D eigenvalue weighted by Gasteiger charge is -2.42. The highest BCUT2D eigenvalue weighted by Gasteiger charge is 2.34. The maximum Gasteiger partial charge on any atom is 0.0551 e. The highest BCUT2D eigenvalue weighted by atomic mass is 15.0. The third kappa shape index (κ3) is 2.90. The van der Waals surface area contributed by atoms with Crippen LogP contribution in [0.4, 0.5) is 11.4 Å². The van der Waals surface area contributed by atoms with E-state index in [-0.39, 0.29) is 0 Å². The smallest absolute Gasteiger partial charge is 0.0551 e. The first kappa shape index (κ1) is 12.2. The Bertz CT molecular complexity index is 353. The van der Waals surface area contributed by atoms with Crippen LogP contribution < -0.4 is 10.6 Å². The Hall–Kier alpha value is -1.25. The van der Waals surface area contributed by atoms with Crippen molar-refractivity contribution in [2.75, 3.05) is 17.2 Å². The summed E-state index contributed by atoms with van der Waals surface area (Å²) in [5.41, 5.74) is 2.60. The van der Waals surface area contributed by atoms with Crippen LogP contribution in [0.3, 0.4) is 0 Å². The van der Waals surface area contributed by atoms with Crippen molar-refractivity contribution in [3.63, 3.8) is 0 Å². The molecule has 17 heavy (non-hydrogen) atoms. The molecule has 1 aliphatic carbocycles. The van der Waals surface area contributed by atoms with Gasteiger partial charge in [-0.2, -0.15) is 0 Å². The maximum absolute atomic E-state index is 4.29. The van der Waals surface area contributed by atoms with Gasteiger partial charge in [-0.1, -0.05) is 13.8 Å². The molecule has 0 atom stereocenters. The van der Waals surface area contributed by atoms with Gasteiger partial charge >= 0.3 is 0 Å². The highest BCUT2D eigenvalue weighted by molar-refractivity contribution is 5.55. The van der Waals surface area contributed by atoms with Gasteiger partial charge in [-0.25, -0.2) is 0 Å². The molecule has 0 unspecified atom stereocenters. The van der Waals surface area contributed by atoms with Gasteiger partial charge in [-0.3, -0.25) is 4.98 Å². The zero-order valence-electron chi connectivity index (χ0n) is 10.9. The summed E-state index contributed by atoms with van der Waals surface area (Å²) in [6, 6.07) is 2.17. The molecule has 2 N–H and O–H groups in total. The lowest BCUT2D eigenvalue weighted by molar-refractivity contribution is 0.269. The monoisotopic (exact) mass is 233 g/mol. The second-order valence-corrected chi connectivity index (χ2v) is 5.00. The first-order valence-corrected chi connectivity index (χ1v) is 6.75. The molecule has 94 valence electrons. The normalized spacial score (nSPS) is 17.3. The van der Waals surface area contributed by atoms with E-state index in [0.717, 1.165) is 24.3 Å². The van der Waals surface area contributed by atoms with Gasteiger partial charge in [0.25, 0.3) is 0 Å². The first-order chi connectivity index (χ1) is 8.28. The second kappa shape index (κ2) is 5.39. The molecule has 3 heteroatoms. The summed E-state index contributed by atoms with van der Waals surface area (Å²) in [6.07, 6.45) is 10.1. The van der Waals surface area contributed by atoms with E-state index in [1.165, 1.54) is 25.7 Å². The maximum atomic E-state index is 4.29. The van der Waals surface area contributed by atoms with Crippen molar-refractivity contribution in [1.29, 1.82) is 0 Å². The predicted molar refractivity (Wildman–Crippen MR) is 73.5 cm³/mol. The fraction of sp³-hybridized carbons (Fsp3) is 0.643. The van der Waals surface area contributed by atoms with Crippen LogP contribution in [0.2, 0.25) is 0 Å². The number of hydrogen-bond acceptors (Lipinski definition) is 3. The molecule has 0 aliphatic heterocycles. The van der Waals surface area contributed by atoms with Crippen LogP contribution in [0.15, 0.2) is 18.5 Å². The Kier molecular flexibility index (Phi) is 3.87. The molecule has 0 amide bonds. The number of nitrogens with zero attached hydrogens (tertiary/aromatic N) is 1. The third-order valence-corrected chi connectivity index (χ3v) is 3.71. The molecule has 0 spiro atoms. The molecule has 1 aliphatic rings. The average Bonchev–Trinajstić information content (AvgIpc) is 2.32. The molecule has 1 fully saturated rings. The summed E-state index contributed by atoms with van der Waals surface area (Å²) in [5, 5.41) is 7.03. The molecule has 0 saturated heterocycles. The van der Waals surface area contributed by atoms with Gasteiger partial charge in [0.2, 0.25) is 0 Å². The topological polar surface area (TPSA) is 37.0 Å². The van der Waals surface area contributed by atoms with Crippen LogP contribution >= 0.6 is 0 Å². The quantitative estimate of drug-likeness (QED) is 0.787. The standard InChI is InChI=1S/C14H23N3/c1-3-8-16-12-9-13(11-15-10-12)17-14(4-2)6-5-7-14/h9-11,16-17H,3-8H2,1-2H3. The van der Waals surface area contributed by atoms with E-state index in [4.69, 9.17) is 0 Å². The van der Waals surface area contributed by atoms with E-state index in [1.54, 1.807) is 0 Å². The molecule has 0 aromatic carbocycles. The third-order valence-electron chi connectivity index (χ3n) is 3.71. The van der Waals surface area contributed by atoms with E-state index in [0.29, 0.717) is 5.54 Å². The first-order valence-electron chi connectivity index (χ1n) is 6.75. The van der Waals surface area contributed by atoms with Crippen LogP contribution in [0.5, 0.6) is 0 Å². The van der Waals surface area contributed by atoms with E-state index < -0.39 is 0 Å². The van der Waals surface area contributed by atoms with Crippen LogP contribution in [0.25, 0.3) is 0 Å². The van der Waals surface area contributed by atoms with Crippen molar-refractivity contribution < 1.29 is 0 Å². The average molecular weight is 233 g/mol. The molecule has 1 heterocycles. The van der Waals surface area contributed by atoms with Gasteiger partial charge in [0.15, 0.2) is 0 Å². The van der Waals surface area contributed by atoms with E-state index in [1.807, 2.05) is 12.4 Å². The number of anilines is 2. The molecule has 2 rings (SSSR count). The fourth-order valence-electron chi connectivity index (χ4n) is 2.35. The minimum absolute atomic E-state index is 0.338. The Balaban J connectivity index is 2.00. The van der Waals surface area contributed by atoms with Gasteiger partial charge in [-0.05, 0) is 38.2 Å². The largest absolute Gasteiger partial charge is 0.384 e. The Labute approximate surface area is 104 Å². The summed E-state index contributed by atoms with van der Waals surface area (Å²) in [5.74, 6) is 0. The van der Waals surface area contributed by atoms with Crippen LogP contribution in [0, 0.1) is 0 Å². The van der Waals surface area contributed by atoms with Gasteiger partial charge in [0.1, 0.15) is 0 Å². The molecule has 1 aromatic rings. The summed E-state index contributed by atoms with van der Waals surface area (Å²) in [7, 11) is 0. The van der Waals surface area contributed by atoms with Crippen molar-refractivity contribution in [2.24, 2.45) is 0 Å². The molecular formula is C14H23N3. The highest BCUT2D eigenvalue weighted by Crippen LogP contribution is 2.38. The Morgan fingerprint density at radius 1 is 1.24 bits per heavy atom. The van der Waals surface area contributed by atoms with E-state index in [9.17, 15) is 0 Å². The summed E-state index contributed by atoms with van der Waals surface area (Å²) < 4.78 is 0. The van der Waals surface area contributed by atoms with Crippen molar-refractivity contribution in [3.8, 4) is 0 Å². The number of rotatable bonds is 6. The minimum Gasteiger partial charge on any atom is -0.384 e. The molecule has 3 nitrogen and oxygen atoms in total. The predicted octanol–water partition coefficient (Wildman–Crippen LogP) is 3.65. The van der Waals surface area contributed by atoms with Gasteiger partial charge in [-0.15, -0.1) is 0 Å². The van der Waals surface area contributed by atoms with E-state index in [2.05, 4.69) is 35.5 Å². The lowest BCUT2D eigenvalue weighted by atomic mass is 9.75. The van der Waals surface area contributed by atoms with Crippen molar-refractivity contribution in [3.05, 3.63) is 18.5 Å². The number of pyridine rings is 1. The van der Waals surface area contributed by atoms with Crippen molar-refractivity contribution in [1.82, 2.24) is 4.98 Å². The van der Waals surface area contributed by atoms with Crippen LogP contribution in [0.1, 0.15) is 46.0 Å². The minimum atomic E-state index is 0.338. The number of hydrogen-bond donors (Lipinski definition) is 2. The molecule has 0 bridgehead atoms. The summed E-state index contributed by atoms with van der Waals surface area (Å²) in [4.78, 5) is 4.29. The summed E-state index contributed by atoms with van der Waals surface area (Å²) in [6.45, 7) is 5.44. The fourth-order valence-corrected chi connectivity index (χ4v) is 2.35. The Morgan fingerprint density at radius 2 is 2.00 bits per heavy atom. The number of nitrogens with one attached hydrogen (secondary N) is 2. The van der Waals surface area contributed by atoms with Gasteiger partial charge < -0.3 is 10.6 Å². The lowest BCUT2D eigenvalue weighted by Crippen LogP contribution is -2.44. The zero-order chi connectivity index (χ0) is 12.1. The molecule has 0 radical (unpaired) electrons. The Morgan fingerprint density at radius 3 is 2.59 bits per heavy atom. The molecule has 1 aromatic heterocycles. The SMILES string of the molecule is CCCNc1cncc(NC2(CC)CCC2)c1. The van der Waals surface area contributed by atoms with Gasteiger partial charge in [0.05, 0.1) is 23.8 Å². The summed E-state index contributed by atoms with van der Waals surface area (Å²) >= 11 is 0. The van der Waals surface area contributed by atoms with Crippen LogP contribution in [-0.4, -0.2) is 17.1 Å². The van der Waals surface area contributed by atoms with Crippen molar-refractivity contribution in [2.45, 2.75) is 51.5 Å². The van der Waals surface area contributed by atoms with Crippen LogP contribution in [-0.2, 0) is 0 Å². The van der Waals surface area contributed by atoms with Gasteiger partial charge in [0, 0.05) is 12.1 Å². The molecular weight excluding hydrogens is 210 g/mol. The molecule has 1 saturated carbocycles. The second-order valence-electron chi connectivity index (χ2n) is 5.00. The van der Waals surface area contributed by atoms with Crippen molar-refractivity contribution >= 4 is 11.4 Å². The number of aromatic nitrogens is 1. The zero-order valence-corrected chi connectivity index (χ0v) is 10.9.